The van der Waals surface area contributed by atoms with E-state index in [4.69, 9.17) is 9.53 Å². The van der Waals surface area contributed by atoms with E-state index in [1.807, 2.05) is 47.6 Å². The third-order valence-corrected chi connectivity index (χ3v) is 1.86. The van der Waals surface area contributed by atoms with Crippen molar-refractivity contribution >= 4 is 6.47 Å². The molecule has 0 fully saturated rings. The molecule has 4 heteroatoms. The van der Waals surface area contributed by atoms with Crippen molar-refractivity contribution in [2.45, 2.75) is 53.6 Å². The Balaban J connectivity index is 0. The van der Waals surface area contributed by atoms with Crippen LogP contribution in [0, 0.1) is 5.82 Å². The summed E-state index contributed by atoms with van der Waals surface area (Å²) in [7, 11) is 1.31. The quantitative estimate of drug-likeness (QED) is 0.773. The van der Waals surface area contributed by atoms with Crippen LogP contribution in [0.25, 0.3) is 0 Å². The zero-order chi connectivity index (χ0) is 16.2. The molecule has 0 aliphatic rings. The third kappa shape index (κ3) is 11.5. The van der Waals surface area contributed by atoms with Crippen LogP contribution in [0.1, 0.15) is 47.1 Å². The van der Waals surface area contributed by atoms with E-state index in [0.717, 1.165) is 12.0 Å². The van der Waals surface area contributed by atoms with E-state index in [2.05, 4.69) is 4.74 Å². The van der Waals surface area contributed by atoms with Crippen LogP contribution in [0.2, 0.25) is 0 Å². The first-order chi connectivity index (χ1) is 9.32. The van der Waals surface area contributed by atoms with Gasteiger partial charge in [0.25, 0.3) is 6.47 Å². The molecule has 0 bridgehead atoms. The minimum Gasteiger partial charge on any atom is -0.488 e. The maximum Gasteiger partial charge on any atom is 0.292 e. The maximum atomic E-state index is 13.1. The predicted molar refractivity (Wildman–Crippen MR) is 80.6 cm³/mol. The van der Waals surface area contributed by atoms with E-state index in [0.29, 0.717) is 12.2 Å². The number of ether oxygens (including phenoxy) is 2. The van der Waals surface area contributed by atoms with E-state index in [1.54, 1.807) is 0 Å². The highest BCUT2D eigenvalue weighted by Gasteiger charge is 2.12. The number of methoxy groups -OCH3 is 1. The molecule has 0 amide bonds. The van der Waals surface area contributed by atoms with Gasteiger partial charge in [0.05, 0.1) is 7.11 Å². The molecule has 0 aromatic heterocycles. The molecule has 0 spiro atoms. The van der Waals surface area contributed by atoms with E-state index >= 15 is 0 Å². The summed E-state index contributed by atoms with van der Waals surface area (Å²) in [6, 6.07) is 4.84. The van der Waals surface area contributed by atoms with Crippen molar-refractivity contribution in [3.8, 4) is 5.75 Å². The van der Waals surface area contributed by atoms with E-state index in [-0.39, 0.29) is 11.4 Å². The largest absolute Gasteiger partial charge is 0.488 e. The van der Waals surface area contributed by atoms with Crippen LogP contribution < -0.4 is 4.74 Å². The van der Waals surface area contributed by atoms with Gasteiger partial charge < -0.3 is 9.47 Å². The summed E-state index contributed by atoms with van der Waals surface area (Å²) in [5.41, 5.74) is 0.683. The fourth-order valence-electron chi connectivity index (χ4n) is 1.24. The summed E-state index contributed by atoms with van der Waals surface area (Å²) >= 11 is 0. The third-order valence-electron chi connectivity index (χ3n) is 1.86. The van der Waals surface area contributed by atoms with Gasteiger partial charge in [0.15, 0.2) is 0 Å². The molecule has 0 saturated heterocycles. The van der Waals surface area contributed by atoms with Gasteiger partial charge in [-0.2, -0.15) is 0 Å². The number of carbonyl (C=O) groups excluding carboxylic acids is 1. The summed E-state index contributed by atoms with van der Waals surface area (Å²) in [5.74, 6) is 0.373. The number of aryl methyl sites for hydroxylation is 1. The van der Waals surface area contributed by atoms with Crippen LogP contribution in [-0.2, 0) is 16.0 Å². The Morgan fingerprint density at radius 2 is 1.70 bits per heavy atom. The van der Waals surface area contributed by atoms with Crippen LogP contribution in [0.5, 0.6) is 5.75 Å². The molecule has 0 aliphatic heterocycles. The first kappa shape index (κ1) is 20.7. The molecule has 20 heavy (non-hydrogen) atoms. The van der Waals surface area contributed by atoms with Crippen LogP contribution >= 0.6 is 0 Å². The van der Waals surface area contributed by atoms with Crippen molar-refractivity contribution in [3.63, 3.8) is 0 Å². The number of benzene rings is 1. The fourth-order valence-corrected chi connectivity index (χ4v) is 1.24. The molecule has 3 nitrogen and oxygen atoms in total. The summed E-state index contributed by atoms with van der Waals surface area (Å²) in [6.07, 6.45) is 0.818. The SMILES string of the molecule is CC.CCc1cc(F)cc(OC(C)(C)C)c1.COC=O. The van der Waals surface area contributed by atoms with Gasteiger partial charge in [-0.15, -0.1) is 0 Å². The second-order valence-electron chi connectivity index (χ2n) is 4.70. The average Bonchev–Trinajstić information content (AvgIpc) is 2.38. The smallest absolute Gasteiger partial charge is 0.292 e. The van der Waals surface area contributed by atoms with E-state index < -0.39 is 0 Å². The highest BCUT2D eigenvalue weighted by atomic mass is 19.1. The second kappa shape index (κ2) is 11.3. The van der Waals surface area contributed by atoms with Crippen molar-refractivity contribution in [1.82, 2.24) is 0 Å². The molecule has 1 aromatic rings. The minimum absolute atomic E-state index is 0.233. The molecule has 116 valence electrons. The van der Waals surface area contributed by atoms with E-state index in [9.17, 15) is 4.39 Å². The Labute approximate surface area is 122 Å². The molecule has 0 unspecified atom stereocenters. The Morgan fingerprint density at radius 3 is 2.05 bits per heavy atom. The average molecular weight is 286 g/mol. The van der Waals surface area contributed by atoms with Crippen LogP contribution in [0.15, 0.2) is 18.2 Å². The Bertz CT molecular complexity index is 370. The van der Waals surface area contributed by atoms with Crippen LogP contribution in [-0.4, -0.2) is 19.2 Å². The van der Waals surface area contributed by atoms with Crippen molar-refractivity contribution in [2.75, 3.05) is 7.11 Å². The summed E-state index contributed by atoms with van der Waals surface area (Å²) in [5, 5.41) is 0. The van der Waals surface area contributed by atoms with Gasteiger partial charge in [-0.1, -0.05) is 20.8 Å². The molecular formula is C16H27FO3. The summed E-state index contributed by atoms with van der Waals surface area (Å²) in [4.78, 5) is 8.95. The summed E-state index contributed by atoms with van der Waals surface area (Å²) in [6.45, 7) is 12.2. The zero-order valence-electron chi connectivity index (χ0n) is 13.6. The molecule has 0 N–H and O–H groups in total. The Hall–Kier alpha value is -1.58. The number of hydrogen-bond donors (Lipinski definition) is 0. The van der Waals surface area contributed by atoms with Gasteiger partial charge in [-0.3, -0.25) is 4.79 Å². The first-order valence-corrected chi connectivity index (χ1v) is 6.77. The molecular weight excluding hydrogens is 259 g/mol. The van der Waals surface area contributed by atoms with Gasteiger partial charge in [-0.25, -0.2) is 4.39 Å². The van der Waals surface area contributed by atoms with E-state index in [1.165, 1.54) is 19.2 Å². The van der Waals surface area contributed by atoms with Gasteiger partial charge in [0, 0.05) is 6.07 Å². The van der Waals surface area contributed by atoms with Crippen LogP contribution in [0.4, 0.5) is 4.39 Å². The van der Waals surface area contributed by atoms with Crippen molar-refractivity contribution in [2.24, 2.45) is 0 Å². The molecule has 0 heterocycles. The lowest BCUT2D eigenvalue weighted by Crippen LogP contribution is -2.23. The van der Waals surface area contributed by atoms with Crippen LogP contribution in [0.3, 0.4) is 0 Å². The lowest BCUT2D eigenvalue weighted by Gasteiger charge is -2.21. The number of halogens is 1. The topological polar surface area (TPSA) is 35.5 Å². The lowest BCUT2D eigenvalue weighted by molar-refractivity contribution is -0.126. The fraction of sp³-hybridized carbons (Fsp3) is 0.562. The zero-order valence-corrected chi connectivity index (χ0v) is 13.6. The highest BCUT2D eigenvalue weighted by Crippen LogP contribution is 2.21. The maximum absolute atomic E-state index is 13.1. The lowest BCUT2D eigenvalue weighted by atomic mass is 10.1. The normalized spacial score (nSPS) is 9.40. The molecule has 0 aliphatic carbocycles. The second-order valence-corrected chi connectivity index (χ2v) is 4.70. The Morgan fingerprint density at radius 1 is 1.20 bits per heavy atom. The van der Waals surface area contributed by atoms with Crippen molar-refractivity contribution in [1.29, 1.82) is 0 Å². The number of carbonyl (C=O) groups is 1. The molecule has 1 rings (SSSR count). The number of rotatable bonds is 3. The standard InChI is InChI=1S/C12H17FO.C2H4O2.C2H6/c1-5-9-6-10(13)8-11(7-9)14-12(2,3)4;1-4-2-3;1-2/h6-8H,5H2,1-4H3;2H,1H3;1-2H3. The van der Waals surface area contributed by atoms with Gasteiger partial charge >= 0.3 is 0 Å². The number of hydrogen-bond acceptors (Lipinski definition) is 3. The first-order valence-electron chi connectivity index (χ1n) is 6.77. The molecule has 0 saturated carbocycles. The van der Waals surface area contributed by atoms with Crippen molar-refractivity contribution < 1.29 is 18.7 Å². The van der Waals surface area contributed by atoms with Gasteiger partial charge in [0.1, 0.15) is 17.2 Å². The predicted octanol–water partition coefficient (Wildman–Crippen LogP) is 4.38. The minimum atomic E-state index is -0.279. The Kier molecular flexibility index (Phi) is 11.7. The summed E-state index contributed by atoms with van der Waals surface area (Å²) < 4.78 is 22.6. The van der Waals surface area contributed by atoms with Crippen molar-refractivity contribution in [3.05, 3.63) is 29.6 Å². The van der Waals surface area contributed by atoms with Gasteiger partial charge in [0.2, 0.25) is 0 Å². The molecule has 1 aromatic carbocycles. The van der Waals surface area contributed by atoms with Gasteiger partial charge in [-0.05, 0) is 44.9 Å². The molecule has 0 atom stereocenters. The molecule has 0 radical (unpaired) electrons. The highest BCUT2D eigenvalue weighted by molar-refractivity contribution is 5.36. The monoisotopic (exact) mass is 286 g/mol.